The maximum atomic E-state index is 13.1. The second-order valence-corrected chi connectivity index (χ2v) is 6.60. The summed E-state index contributed by atoms with van der Waals surface area (Å²) in [6.45, 7) is -0.272. The molecule has 10 heteroatoms. The fourth-order valence-electron chi connectivity index (χ4n) is 1.62. The molecule has 0 unspecified atom stereocenters. The molecule has 6 nitrogen and oxygen atoms in total. The largest absolute Gasteiger partial charge is 0.328 e. The Morgan fingerprint density at radius 1 is 1.19 bits per heavy atom. The monoisotopic (exact) mass is 336 g/mol. The molecule has 2 aromatic rings. The van der Waals surface area contributed by atoms with E-state index in [1.54, 1.807) is 4.98 Å². The Balaban J connectivity index is 2.52. The van der Waals surface area contributed by atoms with Gasteiger partial charge in [-0.2, -0.15) is 0 Å². The Morgan fingerprint density at radius 2 is 1.86 bits per heavy atom. The van der Waals surface area contributed by atoms with Crippen molar-refractivity contribution in [2.75, 3.05) is 0 Å². The van der Waals surface area contributed by atoms with E-state index in [0.717, 1.165) is 22.9 Å². The second-order valence-electron chi connectivity index (χ2n) is 4.07. The molecule has 112 valence electrons. The van der Waals surface area contributed by atoms with Crippen LogP contribution in [0.3, 0.4) is 0 Å². The van der Waals surface area contributed by atoms with E-state index >= 15 is 0 Å². The molecule has 1 aromatic carbocycles. The average molecular weight is 337 g/mol. The third-order valence-corrected chi connectivity index (χ3v) is 3.89. The molecule has 0 saturated carbocycles. The van der Waals surface area contributed by atoms with Gasteiger partial charge in [-0.3, -0.25) is 14.3 Å². The van der Waals surface area contributed by atoms with Gasteiger partial charge in [-0.1, -0.05) is 6.07 Å². The fourth-order valence-corrected chi connectivity index (χ4v) is 2.47. The van der Waals surface area contributed by atoms with Crippen LogP contribution in [-0.4, -0.2) is 18.0 Å². The lowest BCUT2D eigenvalue weighted by Crippen LogP contribution is -2.32. The van der Waals surface area contributed by atoms with Crippen molar-refractivity contribution in [3.8, 4) is 0 Å². The van der Waals surface area contributed by atoms with Crippen LogP contribution in [-0.2, 0) is 15.6 Å². The van der Waals surface area contributed by atoms with Crippen molar-refractivity contribution in [1.82, 2.24) is 9.55 Å². The Hall–Kier alpha value is -2.00. The highest BCUT2D eigenvalue weighted by Crippen LogP contribution is 2.11. The van der Waals surface area contributed by atoms with E-state index < -0.39 is 36.8 Å². The predicted octanol–water partition coefficient (Wildman–Crippen LogP) is 0.791. The minimum absolute atomic E-state index is 0.195. The number of nitrogens with one attached hydrogen (secondary N) is 1. The van der Waals surface area contributed by atoms with Crippen LogP contribution in [0.4, 0.5) is 8.78 Å². The second kappa shape index (κ2) is 5.41. The number of nitrogens with zero attached hydrogens (tertiary/aromatic N) is 1. The molecule has 2 rings (SSSR count). The highest BCUT2D eigenvalue weighted by molar-refractivity contribution is 8.13. The molecule has 0 aliphatic rings. The summed E-state index contributed by atoms with van der Waals surface area (Å²) < 4.78 is 49.1. The zero-order valence-corrected chi connectivity index (χ0v) is 11.7. The number of hydrogen-bond donors (Lipinski definition) is 1. The molecule has 1 aromatic heterocycles. The summed E-state index contributed by atoms with van der Waals surface area (Å²) in [7, 11) is 0.719. The molecule has 0 atom stereocenters. The summed E-state index contributed by atoms with van der Waals surface area (Å²) >= 11 is 0. The first kappa shape index (κ1) is 15.4. The highest BCUT2D eigenvalue weighted by Gasteiger charge is 2.17. The van der Waals surface area contributed by atoms with E-state index in [-0.39, 0.29) is 12.1 Å². The SMILES string of the molecule is O=c1[nH]c(=O)n(Cc2ccc(F)c(F)c2)cc1S(=O)(=O)Cl. The van der Waals surface area contributed by atoms with Crippen molar-refractivity contribution in [1.29, 1.82) is 0 Å². The van der Waals surface area contributed by atoms with Crippen molar-refractivity contribution in [3.63, 3.8) is 0 Å². The molecule has 0 radical (unpaired) electrons. The van der Waals surface area contributed by atoms with E-state index in [1.807, 2.05) is 0 Å². The molecule has 0 aliphatic carbocycles. The lowest BCUT2D eigenvalue weighted by atomic mass is 10.2. The minimum Gasteiger partial charge on any atom is -0.295 e. The average Bonchev–Trinajstić information content (AvgIpc) is 2.35. The lowest BCUT2D eigenvalue weighted by Gasteiger charge is -2.07. The van der Waals surface area contributed by atoms with Crippen molar-refractivity contribution < 1.29 is 17.2 Å². The van der Waals surface area contributed by atoms with E-state index in [0.29, 0.717) is 0 Å². The summed E-state index contributed by atoms with van der Waals surface area (Å²) in [5.74, 6) is -2.17. The van der Waals surface area contributed by atoms with Gasteiger partial charge in [-0.05, 0) is 17.7 Å². The van der Waals surface area contributed by atoms with E-state index in [1.165, 1.54) is 6.07 Å². The minimum atomic E-state index is -4.35. The third-order valence-electron chi connectivity index (χ3n) is 2.58. The van der Waals surface area contributed by atoms with Crippen LogP contribution in [0.1, 0.15) is 5.56 Å². The summed E-state index contributed by atoms with van der Waals surface area (Å²) in [4.78, 5) is 23.9. The Kier molecular flexibility index (Phi) is 3.97. The Labute approximate surface area is 121 Å². The zero-order chi connectivity index (χ0) is 15.8. The smallest absolute Gasteiger partial charge is 0.295 e. The summed E-state index contributed by atoms with van der Waals surface area (Å²) in [5.41, 5.74) is -1.87. The summed E-state index contributed by atoms with van der Waals surface area (Å²) in [5, 5.41) is 0. The molecule has 0 amide bonds. The molecule has 0 fully saturated rings. The van der Waals surface area contributed by atoms with Crippen molar-refractivity contribution in [2.45, 2.75) is 11.4 Å². The number of benzene rings is 1. The molecule has 0 saturated heterocycles. The van der Waals surface area contributed by atoms with Gasteiger partial charge in [-0.25, -0.2) is 22.0 Å². The zero-order valence-electron chi connectivity index (χ0n) is 10.1. The van der Waals surface area contributed by atoms with Crippen molar-refractivity contribution >= 4 is 19.7 Å². The predicted molar refractivity (Wildman–Crippen MR) is 69.8 cm³/mol. The molecule has 0 aliphatic heterocycles. The first-order chi connectivity index (χ1) is 9.68. The maximum absolute atomic E-state index is 13.1. The van der Waals surface area contributed by atoms with Gasteiger partial charge in [0.2, 0.25) is 0 Å². The van der Waals surface area contributed by atoms with Crippen LogP contribution >= 0.6 is 10.7 Å². The normalized spacial score (nSPS) is 11.6. The topological polar surface area (TPSA) is 89.0 Å². The van der Waals surface area contributed by atoms with Crippen LogP contribution in [0, 0.1) is 11.6 Å². The van der Waals surface area contributed by atoms with E-state index in [9.17, 15) is 26.8 Å². The number of rotatable bonds is 3. The molecule has 1 heterocycles. The van der Waals surface area contributed by atoms with Gasteiger partial charge in [0.05, 0.1) is 6.54 Å². The van der Waals surface area contributed by atoms with Gasteiger partial charge < -0.3 is 0 Å². The first-order valence-corrected chi connectivity index (χ1v) is 7.72. The van der Waals surface area contributed by atoms with E-state index in [2.05, 4.69) is 0 Å². The number of H-pyrrole nitrogens is 1. The van der Waals surface area contributed by atoms with Gasteiger partial charge in [-0.15, -0.1) is 0 Å². The van der Waals surface area contributed by atoms with Crippen LogP contribution in [0.2, 0.25) is 0 Å². The van der Waals surface area contributed by atoms with Crippen LogP contribution in [0.15, 0.2) is 38.9 Å². The van der Waals surface area contributed by atoms with Crippen molar-refractivity contribution in [3.05, 3.63) is 62.4 Å². The van der Waals surface area contributed by atoms with Gasteiger partial charge in [0.1, 0.15) is 0 Å². The molecule has 1 N–H and O–H groups in total. The molecular formula is C11H7ClF2N2O4S. The van der Waals surface area contributed by atoms with Gasteiger partial charge in [0.15, 0.2) is 16.5 Å². The fraction of sp³-hybridized carbons (Fsp3) is 0.0909. The summed E-state index contributed by atoms with van der Waals surface area (Å²) in [6.07, 6.45) is 0.741. The van der Waals surface area contributed by atoms with Crippen LogP contribution in [0.25, 0.3) is 0 Å². The quantitative estimate of drug-likeness (QED) is 0.839. The number of aromatic nitrogens is 2. The summed E-state index contributed by atoms with van der Waals surface area (Å²) in [6, 6.07) is 2.92. The molecule has 21 heavy (non-hydrogen) atoms. The van der Waals surface area contributed by atoms with Crippen LogP contribution in [0.5, 0.6) is 0 Å². The van der Waals surface area contributed by atoms with Crippen molar-refractivity contribution in [2.24, 2.45) is 0 Å². The number of aromatic amines is 1. The van der Waals surface area contributed by atoms with Gasteiger partial charge in [0, 0.05) is 16.9 Å². The lowest BCUT2D eigenvalue weighted by molar-refractivity contribution is 0.506. The number of hydrogen-bond acceptors (Lipinski definition) is 4. The first-order valence-electron chi connectivity index (χ1n) is 5.41. The highest BCUT2D eigenvalue weighted by atomic mass is 35.7. The Bertz CT molecular complexity index is 921. The maximum Gasteiger partial charge on any atom is 0.328 e. The number of halogens is 3. The van der Waals surface area contributed by atoms with E-state index in [4.69, 9.17) is 10.7 Å². The molecular weight excluding hydrogens is 330 g/mol. The van der Waals surface area contributed by atoms with Gasteiger partial charge in [0.25, 0.3) is 14.6 Å². The molecule has 0 spiro atoms. The van der Waals surface area contributed by atoms with Crippen LogP contribution < -0.4 is 11.2 Å². The standard InChI is InChI=1S/C11H7ClF2N2O4S/c12-21(19,20)9-5-16(11(18)15-10(9)17)4-6-1-2-7(13)8(14)3-6/h1-3,5H,4H2,(H,15,17,18). The third kappa shape index (κ3) is 3.37. The van der Waals surface area contributed by atoms with Gasteiger partial charge >= 0.3 is 5.69 Å². The Morgan fingerprint density at radius 3 is 2.43 bits per heavy atom. The molecule has 0 bridgehead atoms.